The number of hydrogen-bond acceptors (Lipinski definition) is 8. The molecule has 168 valence electrons. The molecule has 1 aliphatic heterocycles. The number of piperazine rings is 1. The summed E-state index contributed by atoms with van der Waals surface area (Å²) in [6.45, 7) is 3.98. The Hall–Kier alpha value is -4.21. The van der Waals surface area contributed by atoms with Crippen LogP contribution < -0.4 is 15.3 Å². The molecule has 3 aromatic heterocycles. The quantitative estimate of drug-likeness (QED) is 0.439. The van der Waals surface area contributed by atoms with Crippen molar-refractivity contribution < 1.29 is 13.9 Å². The van der Waals surface area contributed by atoms with Crippen molar-refractivity contribution in [2.75, 3.05) is 38.2 Å². The summed E-state index contributed by atoms with van der Waals surface area (Å²) in [5, 5.41) is 5.02. The first-order valence-electron chi connectivity index (χ1n) is 10.5. The molecule has 0 bridgehead atoms. The highest BCUT2D eigenvalue weighted by atomic mass is 16.5. The maximum Gasteiger partial charge on any atom is 0.349 e. The summed E-state index contributed by atoms with van der Waals surface area (Å²) in [7, 11) is 1.50. The molecule has 1 amide bonds. The number of anilines is 1. The third-order valence-corrected chi connectivity index (χ3v) is 5.66. The van der Waals surface area contributed by atoms with Gasteiger partial charge in [-0.1, -0.05) is 12.1 Å². The predicted octanol–water partition coefficient (Wildman–Crippen LogP) is 2.05. The Kier molecular flexibility index (Phi) is 5.25. The largest absolute Gasteiger partial charge is 0.493 e. The summed E-state index contributed by atoms with van der Waals surface area (Å²) < 4.78 is 12.4. The van der Waals surface area contributed by atoms with Crippen LogP contribution in [0.1, 0.15) is 16.1 Å². The number of amides is 1. The monoisotopic (exact) mass is 446 g/mol. The van der Waals surface area contributed by atoms with Crippen molar-refractivity contribution in [1.29, 1.82) is 0 Å². The van der Waals surface area contributed by atoms with Gasteiger partial charge in [0.1, 0.15) is 17.7 Å². The number of fused-ring (bicyclic) bond motifs is 1. The number of nitrogens with zero attached hydrogens (tertiary/aromatic N) is 6. The second-order valence-corrected chi connectivity index (χ2v) is 7.74. The van der Waals surface area contributed by atoms with E-state index >= 15 is 0 Å². The van der Waals surface area contributed by atoms with Gasteiger partial charge >= 0.3 is 5.63 Å². The van der Waals surface area contributed by atoms with E-state index in [0.29, 0.717) is 48.7 Å². The third kappa shape index (κ3) is 3.91. The van der Waals surface area contributed by atoms with Gasteiger partial charge in [-0.2, -0.15) is 5.10 Å². The maximum atomic E-state index is 13.1. The molecule has 1 aliphatic rings. The molecule has 0 N–H and O–H groups in total. The molecule has 0 unspecified atom stereocenters. The molecule has 4 heterocycles. The molecule has 5 rings (SSSR count). The first-order valence-corrected chi connectivity index (χ1v) is 10.5. The van der Waals surface area contributed by atoms with Gasteiger partial charge in [0.05, 0.1) is 12.8 Å². The van der Waals surface area contributed by atoms with Crippen LogP contribution in [0.2, 0.25) is 0 Å². The normalized spacial score (nSPS) is 14.0. The van der Waals surface area contributed by atoms with Gasteiger partial charge in [0.15, 0.2) is 17.2 Å². The van der Waals surface area contributed by atoms with E-state index in [4.69, 9.17) is 9.15 Å². The topological polar surface area (TPSA) is 107 Å². The van der Waals surface area contributed by atoms with Crippen LogP contribution in [0.25, 0.3) is 16.8 Å². The standard InChI is InChI=1S/C23H22N6O4/c1-15-6-7-29(26-15)20-13-19(24-14-25-20)27-8-10-28(11-9-27)22(30)17-12-16-4-3-5-18(32-2)21(16)33-23(17)31/h3-7,12-14H,8-11H2,1-2H3. The Morgan fingerprint density at radius 1 is 1.06 bits per heavy atom. The zero-order valence-electron chi connectivity index (χ0n) is 18.3. The van der Waals surface area contributed by atoms with Gasteiger partial charge in [-0.3, -0.25) is 4.79 Å². The van der Waals surface area contributed by atoms with Crippen LogP contribution in [0, 0.1) is 6.92 Å². The van der Waals surface area contributed by atoms with Gasteiger partial charge in [-0.25, -0.2) is 19.4 Å². The van der Waals surface area contributed by atoms with Crippen molar-refractivity contribution in [3.63, 3.8) is 0 Å². The van der Waals surface area contributed by atoms with E-state index in [-0.39, 0.29) is 11.5 Å². The first-order chi connectivity index (χ1) is 16.0. The summed E-state index contributed by atoms with van der Waals surface area (Å²) in [6.07, 6.45) is 3.36. The fourth-order valence-electron chi connectivity index (χ4n) is 3.91. The van der Waals surface area contributed by atoms with Crippen molar-refractivity contribution >= 4 is 22.7 Å². The number of hydrogen-bond donors (Lipinski definition) is 0. The number of carbonyl (C=O) groups excluding carboxylic acids is 1. The first kappa shape index (κ1) is 20.7. The van der Waals surface area contributed by atoms with E-state index in [1.807, 2.05) is 25.3 Å². The maximum absolute atomic E-state index is 13.1. The fraction of sp³-hybridized carbons (Fsp3) is 0.261. The molecular formula is C23H22N6O4. The lowest BCUT2D eigenvalue weighted by molar-refractivity contribution is 0.0742. The van der Waals surface area contributed by atoms with Gasteiger partial charge < -0.3 is 19.0 Å². The summed E-state index contributed by atoms with van der Waals surface area (Å²) in [6, 6.07) is 10.6. The van der Waals surface area contributed by atoms with Crippen molar-refractivity contribution in [3.8, 4) is 11.6 Å². The number of carbonyl (C=O) groups is 1. The SMILES string of the molecule is COc1cccc2cc(C(=O)N3CCN(c4cc(-n5ccc(C)n5)ncn4)CC3)c(=O)oc12. The molecular weight excluding hydrogens is 424 g/mol. The lowest BCUT2D eigenvalue weighted by atomic mass is 10.1. The number of aromatic nitrogens is 4. The number of benzene rings is 1. The van der Waals surface area contributed by atoms with E-state index < -0.39 is 5.63 Å². The number of ether oxygens (including phenoxy) is 1. The molecule has 4 aromatic rings. The number of para-hydroxylation sites is 1. The molecule has 0 atom stereocenters. The lowest BCUT2D eigenvalue weighted by Crippen LogP contribution is -2.49. The van der Waals surface area contributed by atoms with Crippen molar-refractivity contribution in [3.05, 3.63) is 70.6 Å². The van der Waals surface area contributed by atoms with Crippen LogP contribution in [-0.2, 0) is 0 Å². The van der Waals surface area contributed by atoms with Crippen molar-refractivity contribution in [1.82, 2.24) is 24.6 Å². The molecule has 10 nitrogen and oxygen atoms in total. The molecule has 0 saturated carbocycles. The Balaban J connectivity index is 1.32. The van der Waals surface area contributed by atoms with E-state index in [9.17, 15) is 9.59 Å². The van der Waals surface area contributed by atoms with Gasteiger partial charge in [-0.05, 0) is 25.1 Å². The van der Waals surface area contributed by atoms with E-state index in [0.717, 1.165) is 11.5 Å². The van der Waals surface area contributed by atoms with Crippen LogP contribution in [0.5, 0.6) is 5.75 Å². The average molecular weight is 446 g/mol. The van der Waals surface area contributed by atoms with Crippen LogP contribution in [0.4, 0.5) is 5.82 Å². The summed E-state index contributed by atoms with van der Waals surface area (Å²) in [5.74, 6) is 1.54. The highest BCUT2D eigenvalue weighted by Gasteiger charge is 2.26. The Morgan fingerprint density at radius 3 is 2.58 bits per heavy atom. The highest BCUT2D eigenvalue weighted by Crippen LogP contribution is 2.25. The Bertz CT molecular complexity index is 1390. The van der Waals surface area contributed by atoms with Crippen molar-refractivity contribution in [2.45, 2.75) is 6.92 Å². The van der Waals surface area contributed by atoms with E-state index in [1.165, 1.54) is 13.4 Å². The van der Waals surface area contributed by atoms with Gasteiger partial charge in [0.25, 0.3) is 5.91 Å². The van der Waals surface area contributed by atoms with Gasteiger partial charge in [-0.15, -0.1) is 0 Å². The highest BCUT2D eigenvalue weighted by molar-refractivity contribution is 5.97. The molecule has 33 heavy (non-hydrogen) atoms. The Labute approximate surface area is 189 Å². The molecule has 1 saturated heterocycles. The smallest absolute Gasteiger partial charge is 0.349 e. The number of rotatable bonds is 4. The van der Waals surface area contributed by atoms with E-state index in [1.54, 1.807) is 33.8 Å². The minimum Gasteiger partial charge on any atom is -0.493 e. The van der Waals surface area contributed by atoms with Crippen LogP contribution >= 0.6 is 0 Å². The second-order valence-electron chi connectivity index (χ2n) is 7.74. The zero-order valence-corrected chi connectivity index (χ0v) is 18.3. The van der Waals surface area contributed by atoms with Crippen LogP contribution in [0.3, 0.4) is 0 Å². The lowest BCUT2D eigenvalue weighted by Gasteiger charge is -2.35. The predicted molar refractivity (Wildman–Crippen MR) is 121 cm³/mol. The Morgan fingerprint density at radius 2 is 1.85 bits per heavy atom. The van der Waals surface area contributed by atoms with Crippen LogP contribution in [0.15, 0.2) is 58.1 Å². The van der Waals surface area contributed by atoms with E-state index in [2.05, 4.69) is 20.0 Å². The second kappa shape index (κ2) is 8.38. The molecule has 0 aliphatic carbocycles. The van der Waals surface area contributed by atoms with Gasteiger partial charge in [0.2, 0.25) is 0 Å². The summed E-state index contributed by atoms with van der Waals surface area (Å²) >= 11 is 0. The minimum atomic E-state index is -0.672. The molecule has 1 fully saturated rings. The van der Waals surface area contributed by atoms with Gasteiger partial charge in [0, 0.05) is 43.8 Å². The minimum absolute atomic E-state index is 0.0163. The number of methoxy groups -OCH3 is 1. The number of aryl methyl sites for hydroxylation is 1. The average Bonchev–Trinajstić information content (AvgIpc) is 3.29. The molecule has 0 spiro atoms. The molecule has 1 aromatic carbocycles. The third-order valence-electron chi connectivity index (χ3n) is 5.66. The molecule has 0 radical (unpaired) electrons. The van der Waals surface area contributed by atoms with Crippen LogP contribution in [-0.4, -0.2) is 63.8 Å². The summed E-state index contributed by atoms with van der Waals surface area (Å²) in [5.41, 5.74) is 0.578. The zero-order chi connectivity index (χ0) is 22.9. The summed E-state index contributed by atoms with van der Waals surface area (Å²) in [4.78, 5) is 38.0. The van der Waals surface area contributed by atoms with Crippen molar-refractivity contribution in [2.24, 2.45) is 0 Å². The molecule has 10 heteroatoms. The fourth-order valence-corrected chi connectivity index (χ4v) is 3.91.